The van der Waals surface area contributed by atoms with E-state index < -0.39 is 29.9 Å². The van der Waals surface area contributed by atoms with Gasteiger partial charge in [0.05, 0.1) is 19.7 Å². The van der Waals surface area contributed by atoms with Crippen molar-refractivity contribution >= 4 is 23.9 Å². The van der Waals surface area contributed by atoms with Crippen LogP contribution in [0, 0.1) is 0 Å². The van der Waals surface area contributed by atoms with Gasteiger partial charge in [-0.3, -0.25) is 29.2 Å². The van der Waals surface area contributed by atoms with Gasteiger partial charge in [-0.2, -0.15) is 0 Å². The van der Waals surface area contributed by atoms with Gasteiger partial charge < -0.3 is 25.2 Å². The van der Waals surface area contributed by atoms with Crippen molar-refractivity contribution in [3.05, 3.63) is 29.8 Å². The van der Waals surface area contributed by atoms with Gasteiger partial charge in [-0.05, 0) is 24.6 Å². The normalized spacial score (nSPS) is 17.6. The molecule has 0 aliphatic carbocycles. The number of carbonyl (C=O) groups is 4. The number of hydrogen-bond acceptors (Lipinski definition) is 9. The van der Waals surface area contributed by atoms with Crippen LogP contribution in [0.1, 0.15) is 12.5 Å². The molecule has 13 nitrogen and oxygen atoms in total. The van der Waals surface area contributed by atoms with Crippen LogP contribution in [0.2, 0.25) is 0 Å². The van der Waals surface area contributed by atoms with Gasteiger partial charge in [0.1, 0.15) is 5.75 Å². The molecule has 0 bridgehead atoms. The van der Waals surface area contributed by atoms with Crippen LogP contribution in [0.4, 0.5) is 0 Å². The van der Waals surface area contributed by atoms with E-state index in [2.05, 4.69) is 4.90 Å². The molecule has 1 saturated heterocycles. The number of carboxylic acids is 4. The highest BCUT2D eigenvalue weighted by Crippen LogP contribution is 2.14. The second-order valence-electron chi connectivity index (χ2n) is 8.81. The standard InChI is InChI=1S/C24H36N4O9/c1-2-37-19-5-3-18(4-6-19)15-25-7-9-26(16-20(29)30)11-13-28(22(23(33)34)24(35)36)14-12-27(10-8-25)17-21(31)32/h3-6,22H,2,7-17H2,1H3,(H,29,30)(H,31,32)(H,33,34)(H,35,36). The van der Waals surface area contributed by atoms with Crippen molar-refractivity contribution < 1.29 is 44.3 Å². The molecule has 2 rings (SSSR count). The maximum absolute atomic E-state index is 11.7. The van der Waals surface area contributed by atoms with Gasteiger partial charge in [0.15, 0.2) is 0 Å². The number of hydrogen-bond donors (Lipinski definition) is 4. The first-order chi connectivity index (χ1) is 17.6. The number of rotatable bonds is 11. The number of benzene rings is 1. The Kier molecular flexibility index (Phi) is 12.2. The van der Waals surface area contributed by atoms with Gasteiger partial charge in [-0.1, -0.05) is 12.1 Å². The number of ether oxygens (including phenoxy) is 1. The Morgan fingerprint density at radius 1 is 0.730 bits per heavy atom. The molecular formula is C24H36N4O9. The Morgan fingerprint density at radius 2 is 1.16 bits per heavy atom. The fourth-order valence-electron chi connectivity index (χ4n) is 4.20. The zero-order chi connectivity index (χ0) is 27.4. The molecule has 0 spiro atoms. The summed E-state index contributed by atoms with van der Waals surface area (Å²) >= 11 is 0. The Morgan fingerprint density at radius 3 is 1.57 bits per heavy atom. The quantitative estimate of drug-likeness (QED) is 0.274. The monoisotopic (exact) mass is 524 g/mol. The lowest BCUT2D eigenvalue weighted by molar-refractivity contribution is -0.157. The molecule has 0 radical (unpaired) electrons. The lowest BCUT2D eigenvalue weighted by atomic mass is 10.2. The maximum atomic E-state index is 11.7. The van der Waals surface area contributed by atoms with E-state index in [1.807, 2.05) is 31.2 Å². The van der Waals surface area contributed by atoms with Crippen LogP contribution in [-0.4, -0.2) is 142 Å². The van der Waals surface area contributed by atoms with Crippen molar-refractivity contribution in [2.24, 2.45) is 0 Å². The van der Waals surface area contributed by atoms with Crippen molar-refractivity contribution in [2.75, 3.05) is 72.1 Å². The second kappa shape index (κ2) is 15.1. The third kappa shape index (κ3) is 10.7. The van der Waals surface area contributed by atoms with E-state index in [9.17, 15) is 39.6 Å². The summed E-state index contributed by atoms with van der Waals surface area (Å²) in [6, 6.07) is 5.82. The summed E-state index contributed by atoms with van der Waals surface area (Å²) in [6.45, 7) is 4.38. The molecule has 1 aromatic carbocycles. The van der Waals surface area contributed by atoms with Crippen LogP contribution in [0.3, 0.4) is 0 Å². The van der Waals surface area contributed by atoms with Crippen molar-refractivity contribution in [1.29, 1.82) is 0 Å². The van der Waals surface area contributed by atoms with Gasteiger partial charge in [0, 0.05) is 58.9 Å². The van der Waals surface area contributed by atoms with E-state index in [0.717, 1.165) is 11.3 Å². The zero-order valence-corrected chi connectivity index (χ0v) is 21.0. The summed E-state index contributed by atoms with van der Waals surface area (Å²) in [6.07, 6.45) is 0. The molecular weight excluding hydrogens is 488 g/mol. The minimum absolute atomic E-state index is 0.00362. The lowest BCUT2D eigenvalue weighted by Gasteiger charge is -2.34. The minimum Gasteiger partial charge on any atom is -0.494 e. The molecule has 1 fully saturated rings. The van der Waals surface area contributed by atoms with Crippen molar-refractivity contribution in [1.82, 2.24) is 19.6 Å². The van der Waals surface area contributed by atoms with Gasteiger partial charge in [-0.15, -0.1) is 0 Å². The fraction of sp³-hybridized carbons (Fsp3) is 0.583. The van der Waals surface area contributed by atoms with Crippen LogP contribution >= 0.6 is 0 Å². The van der Waals surface area contributed by atoms with Crippen LogP contribution in [-0.2, 0) is 25.7 Å². The van der Waals surface area contributed by atoms with E-state index in [4.69, 9.17) is 4.74 Å². The van der Waals surface area contributed by atoms with E-state index in [1.165, 1.54) is 4.90 Å². The predicted octanol–water partition coefficient (Wildman–Crippen LogP) is -0.486. The first-order valence-electron chi connectivity index (χ1n) is 12.1. The Balaban J connectivity index is 2.24. The number of nitrogens with zero attached hydrogens (tertiary/aromatic N) is 4. The summed E-state index contributed by atoms with van der Waals surface area (Å²) in [4.78, 5) is 52.9. The second-order valence-corrected chi connectivity index (χ2v) is 8.81. The van der Waals surface area contributed by atoms with Gasteiger partial charge >= 0.3 is 23.9 Å². The summed E-state index contributed by atoms with van der Waals surface area (Å²) < 4.78 is 5.48. The average molecular weight is 525 g/mol. The first kappa shape index (κ1) is 30.0. The molecule has 37 heavy (non-hydrogen) atoms. The molecule has 1 aliphatic rings. The Labute approximate surface area is 215 Å². The third-order valence-corrected chi connectivity index (χ3v) is 6.06. The molecule has 1 aromatic rings. The zero-order valence-electron chi connectivity index (χ0n) is 21.0. The number of carboxylic acid groups (broad SMARTS) is 4. The molecule has 0 atom stereocenters. The lowest BCUT2D eigenvalue weighted by Crippen LogP contribution is -2.53. The predicted molar refractivity (Wildman–Crippen MR) is 132 cm³/mol. The van der Waals surface area contributed by atoms with Gasteiger partial charge in [-0.25, -0.2) is 9.59 Å². The molecule has 0 saturated carbocycles. The molecule has 0 amide bonds. The highest BCUT2D eigenvalue weighted by atomic mass is 16.5. The van der Waals surface area contributed by atoms with Crippen LogP contribution in [0.15, 0.2) is 24.3 Å². The van der Waals surface area contributed by atoms with Crippen molar-refractivity contribution in [2.45, 2.75) is 19.5 Å². The van der Waals surface area contributed by atoms with Gasteiger partial charge in [0.25, 0.3) is 0 Å². The summed E-state index contributed by atoms with van der Waals surface area (Å²) in [5.74, 6) is -4.40. The van der Waals surface area contributed by atoms with E-state index >= 15 is 0 Å². The largest absolute Gasteiger partial charge is 0.494 e. The van der Waals surface area contributed by atoms with E-state index in [0.29, 0.717) is 39.3 Å². The summed E-state index contributed by atoms with van der Waals surface area (Å²) in [5.41, 5.74) is 1.02. The molecule has 0 aromatic heterocycles. The molecule has 1 heterocycles. The summed E-state index contributed by atoms with van der Waals surface area (Å²) in [7, 11) is 0. The Bertz CT molecular complexity index is 866. The molecule has 206 valence electrons. The van der Waals surface area contributed by atoms with Crippen molar-refractivity contribution in [3.63, 3.8) is 0 Å². The third-order valence-electron chi connectivity index (χ3n) is 6.06. The van der Waals surface area contributed by atoms with Crippen LogP contribution in [0.25, 0.3) is 0 Å². The smallest absolute Gasteiger partial charge is 0.332 e. The highest BCUT2D eigenvalue weighted by molar-refractivity contribution is 5.97. The van der Waals surface area contributed by atoms with Gasteiger partial charge in [0.2, 0.25) is 6.04 Å². The van der Waals surface area contributed by atoms with Crippen LogP contribution in [0.5, 0.6) is 5.75 Å². The Hall–Kier alpha value is -3.26. The molecule has 1 aliphatic heterocycles. The SMILES string of the molecule is CCOc1ccc(CN2CCN(CC(=O)O)CCN(C(C(=O)O)C(=O)O)CCN(CC(=O)O)CC2)cc1. The van der Waals surface area contributed by atoms with E-state index in [-0.39, 0.29) is 39.3 Å². The first-order valence-corrected chi connectivity index (χ1v) is 12.1. The number of aliphatic carboxylic acids is 4. The molecule has 0 unspecified atom stereocenters. The van der Waals surface area contributed by atoms with Crippen molar-refractivity contribution in [3.8, 4) is 5.75 Å². The maximum Gasteiger partial charge on any atom is 0.332 e. The topological polar surface area (TPSA) is 171 Å². The average Bonchev–Trinajstić information content (AvgIpc) is 2.80. The summed E-state index contributed by atoms with van der Waals surface area (Å²) in [5, 5.41) is 37.7. The molecule has 13 heteroatoms. The minimum atomic E-state index is -1.82. The highest BCUT2D eigenvalue weighted by Gasteiger charge is 2.33. The van der Waals surface area contributed by atoms with Crippen LogP contribution < -0.4 is 4.74 Å². The van der Waals surface area contributed by atoms with E-state index in [1.54, 1.807) is 9.80 Å². The molecule has 4 N–H and O–H groups in total. The fourth-order valence-corrected chi connectivity index (χ4v) is 4.20.